The number of pyridine rings is 1. The second kappa shape index (κ2) is 5.51. The number of rotatable bonds is 4. The molecule has 2 aromatic rings. The summed E-state index contributed by atoms with van der Waals surface area (Å²) in [6, 6.07) is 1.55. The van der Waals surface area contributed by atoms with Crippen molar-refractivity contribution >= 4 is 11.7 Å². The van der Waals surface area contributed by atoms with E-state index in [1.165, 1.54) is 6.20 Å². The van der Waals surface area contributed by atoms with E-state index in [0.29, 0.717) is 23.7 Å². The Morgan fingerprint density at radius 3 is 2.84 bits per heavy atom. The molecule has 0 saturated carbocycles. The number of hydrogen-bond donors (Lipinski definition) is 1. The molecule has 0 radical (unpaired) electrons. The summed E-state index contributed by atoms with van der Waals surface area (Å²) in [6.07, 6.45) is 5.73. The second-order valence-electron chi connectivity index (χ2n) is 3.88. The van der Waals surface area contributed by atoms with Crippen molar-refractivity contribution in [3.05, 3.63) is 36.0 Å². The summed E-state index contributed by atoms with van der Waals surface area (Å²) in [5.41, 5.74) is 6.64. The fourth-order valence-corrected chi connectivity index (χ4v) is 1.83. The molecule has 2 N–H and O–H groups in total. The summed E-state index contributed by atoms with van der Waals surface area (Å²) in [7, 11) is 0. The monoisotopic (exact) mass is 260 g/mol. The first-order valence-electron chi connectivity index (χ1n) is 6.13. The van der Waals surface area contributed by atoms with Crippen molar-refractivity contribution in [2.45, 2.75) is 20.3 Å². The van der Waals surface area contributed by atoms with E-state index in [4.69, 9.17) is 10.5 Å². The van der Waals surface area contributed by atoms with Gasteiger partial charge in [0, 0.05) is 25.0 Å². The third-order valence-corrected chi connectivity index (χ3v) is 2.73. The van der Waals surface area contributed by atoms with Crippen LogP contribution in [0.5, 0.6) is 0 Å². The molecule has 0 fully saturated rings. The first-order chi connectivity index (χ1) is 9.19. The molecular weight excluding hydrogens is 244 g/mol. The maximum atomic E-state index is 11.8. The zero-order valence-electron chi connectivity index (χ0n) is 11.0. The number of nitrogens with zero attached hydrogens (tertiary/aromatic N) is 3. The van der Waals surface area contributed by atoms with Crippen molar-refractivity contribution in [3.63, 3.8) is 0 Å². The Kier molecular flexibility index (Phi) is 3.79. The largest absolute Gasteiger partial charge is 0.462 e. The summed E-state index contributed by atoms with van der Waals surface area (Å²) in [4.78, 5) is 20.2. The van der Waals surface area contributed by atoms with Crippen molar-refractivity contribution in [1.29, 1.82) is 0 Å². The molecule has 0 atom stereocenters. The molecule has 0 spiro atoms. The first kappa shape index (κ1) is 13.1. The number of nitrogen functional groups attached to an aromatic ring is 1. The van der Waals surface area contributed by atoms with Crippen LogP contribution in [0.2, 0.25) is 0 Å². The van der Waals surface area contributed by atoms with Crippen molar-refractivity contribution in [2.75, 3.05) is 12.3 Å². The summed E-state index contributed by atoms with van der Waals surface area (Å²) in [6.45, 7) is 4.05. The van der Waals surface area contributed by atoms with Gasteiger partial charge < -0.3 is 10.5 Å². The molecule has 100 valence electrons. The standard InChI is InChI=1S/C13H16N4O2/c1-3-10-15-7-8-17(10)12-11(14)9(5-6-16-12)13(18)19-4-2/h5-8H,3-4,14H2,1-2H3. The fourth-order valence-electron chi connectivity index (χ4n) is 1.83. The Morgan fingerprint density at radius 1 is 1.37 bits per heavy atom. The van der Waals surface area contributed by atoms with E-state index < -0.39 is 5.97 Å². The first-order valence-corrected chi connectivity index (χ1v) is 6.13. The lowest BCUT2D eigenvalue weighted by atomic mass is 10.2. The van der Waals surface area contributed by atoms with E-state index in [1.807, 2.05) is 6.92 Å². The summed E-state index contributed by atoms with van der Waals surface area (Å²) < 4.78 is 6.74. The van der Waals surface area contributed by atoms with E-state index >= 15 is 0 Å². The number of carbonyl (C=O) groups is 1. The average molecular weight is 260 g/mol. The van der Waals surface area contributed by atoms with Gasteiger partial charge in [-0.3, -0.25) is 4.57 Å². The normalized spacial score (nSPS) is 10.4. The molecule has 2 heterocycles. The smallest absolute Gasteiger partial charge is 0.340 e. The Labute approximate surface area is 111 Å². The Hall–Kier alpha value is -2.37. The van der Waals surface area contributed by atoms with Gasteiger partial charge in [0.25, 0.3) is 0 Å². The number of esters is 1. The predicted molar refractivity (Wildman–Crippen MR) is 71.1 cm³/mol. The van der Waals surface area contributed by atoms with E-state index in [1.54, 1.807) is 30.0 Å². The van der Waals surface area contributed by atoms with Gasteiger partial charge >= 0.3 is 5.97 Å². The van der Waals surface area contributed by atoms with E-state index in [0.717, 1.165) is 12.2 Å². The van der Waals surface area contributed by atoms with Crippen LogP contribution in [0.3, 0.4) is 0 Å². The van der Waals surface area contributed by atoms with Gasteiger partial charge in [0.15, 0.2) is 5.82 Å². The van der Waals surface area contributed by atoms with Crippen molar-refractivity contribution in [2.24, 2.45) is 0 Å². The van der Waals surface area contributed by atoms with Gasteiger partial charge in [-0.05, 0) is 13.0 Å². The van der Waals surface area contributed by atoms with E-state index in [-0.39, 0.29) is 0 Å². The Morgan fingerprint density at radius 2 is 2.16 bits per heavy atom. The maximum absolute atomic E-state index is 11.8. The second-order valence-corrected chi connectivity index (χ2v) is 3.88. The van der Waals surface area contributed by atoms with E-state index in [2.05, 4.69) is 9.97 Å². The number of aryl methyl sites for hydroxylation is 1. The lowest BCUT2D eigenvalue weighted by molar-refractivity contribution is 0.0527. The molecule has 6 heteroatoms. The highest BCUT2D eigenvalue weighted by Gasteiger charge is 2.16. The van der Waals surface area contributed by atoms with Crippen LogP contribution in [0.25, 0.3) is 5.82 Å². The maximum Gasteiger partial charge on any atom is 0.340 e. The van der Waals surface area contributed by atoms with Gasteiger partial charge in [-0.1, -0.05) is 6.92 Å². The third kappa shape index (κ3) is 2.42. The quantitative estimate of drug-likeness (QED) is 0.844. The molecule has 2 aromatic heterocycles. The number of carbonyl (C=O) groups excluding carboxylic acids is 1. The third-order valence-electron chi connectivity index (χ3n) is 2.73. The summed E-state index contributed by atoms with van der Waals surface area (Å²) in [5, 5.41) is 0. The highest BCUT2D eigenvalue weighted by atomic mass is 16.5. The SMILES string of the molecule is CCOC(=O)c1ccnc(-n2ccnc2CC)c1N. The average Bonchev–Trinajstić information content (AvgIpc) is 2.87. The van der Waals surface area contributed by atoms with Crippen molar-refractivity contribution in [3.8, 4) is 5.82 Å². The Balaban J connectivity index is 2.48. The molecule has 2 rings (SSSR count). The number of aromatic nitrogens is 3. The molecule has 0 bridgehead atoms. The minimum absolute atomic E-state index is 0.300. The zero-order chi connectivity index (χ0) is 13.8. The van der Waals surface area contributed by atoms with Crippen LogP contribution in [-0.2, 0) is 11.2 Å². The van der Waals surface area contributed by atoms with Crippen molar-refractivity contribution < 1.29 is 9.53 Å². The highest BCUT2D eigenvalue weighted by Crippen LogP contribution is 2.21. The minimum atomic E-state index is -0.443. The molecule has 0 aliphatic rings. The minimum Gasteiger partial charge on any atom is -0.462 e. The molecule has 6 nitrogen and oxygen atoms in total. The number of anilines is 1. The van der Waals surface area contributed by atoms with Gasteiger partial charge in [0.2, 0.25) is 0 Å². The van der Waals surface area contributed by atoms with Gasteiger partial charge in [0.1, 0.15) is 5.82 Å². The van der Waals surface area contributed by atoms with Crippen molar-refractivity contribution in [1.82, 2.24) is 14.5 Å². The number of hydrogen-bond acceptors (Lipinski definition) is 5. The molecular formula is C13H16N4O2. The molecule has 0 amide bonds. The molecule has 0 aliphatic carbocycles. The molecule has 19 heavy (non-hydrogen) atoms. The number of ether oxygens (including phenoxy) is 1. The number of imidazole rings is 1. The van der Waals surface area contributed by atoms with Gasteiger partial charge in [-0.25, -0.2) is 14.8 Å². The number of nitrogens with two attached hydrogens (primary N) is 1. The van der Waals surface area contributed by atoms with Crippen LogP contribution in [0.15, 0.2) is 24.7 Å². The molecule has 0 aliphatic heterocycles. The lowest BCUT2D eigenvalue weighted by Crippen LogP contribution is -2.12. The fraction of sp³-hybridized carbons (Fsp3) is 0.308. The van der Waals surface area contributed by atoms with Crippen LogP contribution in [-0.4, -0.2) is 27.1 Å². The van der Waals surface area contributed by atoms with Crippen LogP contribution in [0, 0.1) is 0 Å². The topological polar surface area (TPSA) is 83.0 Å². The summed E-state index contributed by atoms with van der Waals surface area (Å²) in [5.74, 6) is 0.891. The van der Waals surface area contributed by atoms with E-state index in [9.17, 15) is 4.79 Å². The van der Waals surface area contributed by atoms with Crippen LogP contribution < -0.4 is 5.73 Å². The highest BCUT2D eigenvalue weighted by molar-refractivity contribution is 5.96. The molecule has 0 saturated heterocycles. The lowest BCUT2D eigenvalue weighted by Gasteiger charge is -2.11. The van der Waals surface area contributed by atoms with Gasteiger partial charge in [-0.2, -0.15) is 0 Å². The molecule has 0 aromatic carbocycles. The zero-order valence-corrected chi connectivity index (χ0v) is 11.0. The summed E-state index contributed by atoms with van der Waals surface area (Å²) >= 11 is 0. The van der Waals surface area contributed by atoms with Crippen LogP contribution in [0.1, 0.15) is 30.0 Å². The molecule has 0 unspecified atom stereocenters. The van der Waals surface area contributed by atoms with Gasteiger partial charge in [0.05, 0.1) is 17.9 Å². The van der Waals surface area contributed by atoms with Gasteiger partial charge in [-0.15, -0.1) is 0 Å². The Bertz CT molecular complexity index is 592. The van der Waals surface area contributed by atoms with Crippen LogP contribution in [0.4, 0.5) is 5.69 Å². The van der Waals surface area contributed by atoms with Crippen LogP contribution >= 0.6 is 0 Å². The predicted octanol–water partition coefficient (Wildman–Crippen LogP) is 1.59.